The molecule has 0 heterocycles. The molecule has 2 aromatic carbocycles. The minimum absolute atomic E-state index is 0.00578. The first-order chi connectivity index (χ1) is 12.5. The number of benzene rings is 2. The maximum absolute atomic E-state index is 12.4. The monoisotopic (exact) mass is 394 g/mol. The third kappa shape index (κ3) is 6.08. The predicted octanol–water partition coefficient (Wildman–Crippen LogP) is 5.33. The van der Waals surface area contributed by atoms with Crippen molar-refractivity contribution in [1.82, 2.24) is 0 Å². The molecule has 2 rings (SSSR count). The summed E-state index contributed by atoms with van der Waals surface area (Å²) in [5.74, 6) is -1.92. The smallest absolute Gasteiger partial charge is 0.462 e. The molecule has 0 aliphatic heterocycles. The Morgan fingerprint density at radius 3 is 1.89 bits per heavy atom. The van der Waals surface area contributed by atoms with E-state index in [9.17, 15) is 31.1 Å². The van der Waals surface area contributed by atoms with Crippen molar-refractivity contribution in [2.75, 3.05) is 6.61 Å². The van der Waals surface area contributed by atoms with Crippen molar-refractivity contribution in [3.63, 3.8) is 0 Å². The Balaban J connectivity index is 2.44. The topological polar surface area (TPSA) is 44.8 Å². The number of halogens is 6. The van der Waals surface area contributed by atoms with Gasteiger partial charge in [0.05, 0.1) is 12.2 Å². The molecule has 0 radical (unpaired) electrons. The van der Waals surface area contributed by atoms with E-state index >= 15 is 0 Å². The summed E-state index contributed by atoms with van der Waals surface area (Å²) in [7, 11) is 0. The number of hydrogen-bond donors (Lipinski definition) is 0. The summed E-state index contributed by atoms with van der Waals surface area (Å²) in [5, 5.41) is 0. The number of rotatable bonds is 5. The summed E-state index contributed by atoms with van der Waals surface area (Å²) in [6, 6.07) is 7.22. The third-order valence-corrected chi connectivity index (χ3v) is 3.12. The lowest BCUT2D eigenvalue weighted by Gasteiger charge is -2.14. The highest BCUT2D eigenvalue weighted by molar-refractivity contribution is 5.97. The molecule has 0 spiro atoms. The molecule has 0 saturated carbocycles. The van der Waals surface area contributed by atoms with Crippen molar-refractivity contribution in [2.24, 2.45) is 0 Å². The van der Waals surface area contributed by atoms with Gasteiger partial charge in [0.25, 0.3) is 0 Å². The van der Waals surface area contributed by atoms with Crippen LogP contribution in [0.5, 0.6) is 11.5 Å². The Morgan fingerprint density at radius 1 is 0.852 bits per heavy atom. The number of carbonyl (C=O) groups excluding carboxylic acids is 1. The summed E-state index contributed by atoms with van der Waals surface area (Å²) in [6.45, 7) is 1.57. The van der Waals surface area contributed by atoms with Crippen LogP contribution >= 0.6 is 0 Å². The predicted molar refractivity (Wildman–Crippen MR) is 81.2 cm³/mol. The number of hydrogen-bond acceptors (Lipinski definition) is 4. The van der Waals surface area contributed by atoms with Gasteiger partial charge in [0.1, 0.15) is 11.5 Å². The Hall–Kier alpha value is -2.91. The lowest BCUT2D eigenvalue weighted by Crippen LogP contribution is -2.17. The Kier molecular flexibility index (Phi) is 5.87. The highest BCUT2D eigenvalue weighted by Gasteiger charge is 2.32. The molecule has 146 valence electrons. The highest BCUT2D eigenvalue weighted by atomic mass is 19.4. The largest absolute Gasteiger partial charge is 0.573 e. The molecule has 27 heavy (non-hydrogen) atoms. The number of ether oxygens (including phenoxy) is 3. The Bertz CT molecular complexity index is 797. The van der Waals surface area contributed by atoms with Gasteiger partial charge in [-0.25, -0.2) is 4.79 Å². The first-order valence-corrected chi connectivity index (χ1v) is 7.41. The van der Waals surface area contributed by atoms with Gasteiger partial charge < -0.3 is 14.2 Å². The summed E-state index contributed by atoms with van der Waals surface area (Å²) in [5.41, 5.74) is 0.0878. The van der Waals surface area contributed by atoms with Crippen LogP contribution in [0.2, 0.25) is 0 Å². The molecule has 0 bridgehead atoms. The van der Waals surface area contributed by atoms with Gasteiger partial charge in [-0.15, -0.1) is 26.3 Å². The number of esters is 1. The zero-order chi connectivity index (χ0) is 20.2. The molecule has 2 aromatic rings. The van der Waals surface area contributed by atoms with E-state index in [1.807, 2.05) is 0 Å². The van der Waals surface area contributed by atoms with Gasteiger partial charge in [-0.3, -0.25) is 0 Å². The van der Waals surface area contributed by atoms with E-state index in [0.717, 1.165) is 42.5 Å². The third-order valence-electron chi connectivity index (χ3n) is 3.12. The van der Waals surface area contributed by atoms with Gasteiger partial charge >= 0.3 is 18.7 Å². The van der Waals surface area contributed by atoms with Crippen LogP contribution < -0.4 is 9.47 Å². The van der Waals surface area contributed by atoms with Crippen LogP contribution in [-0.4, -0.2) is 25.3 Å². The fraction of sp³-hybridized carbons (Fsp3) is 0.235. The number of alkyl halides is 6. The second-order valence-corrected chi connectivity index (χ2v) is 5.05. The standard InChI is InChI=1S/C17H12F6O4/c1-2-25-15(24)13-8-7-12(27-17(21,22)23)9-14(13)10-3-5-11(6-4-10)26-16(18,19)20/h3-9H,2H2,1H3. The summed E-state index contributed by atoms with van der Waals surface area (Å²) < 4.78 is 86.4. The van der Waals surface area contributed by atoms with E-state index < -0.39 is 30.2 Å². The van der Waals surface area contributed by atoms with Crippen LogP contribution in [0.3, 0.4) is 0 Å². The summed E-state index contributed by atoms with van der Waals surface area (Å²) >= 11 is 0. The van der Waals surface area contributed by atoms with Crippen molar-refractivity contribution in [1.29, 1.82) is 0 Å². The molecular weight excluding hydrogens is 382 g/mol. The second-order valence-electron chi connectivity index (χ2n) is 5.05. The van der Waals surface area contributed by atoms with Crippen molar-refractivity contribution in [3.8, 4) is 22.6 Å². The minimum atomic E-state index is -4.95. The van der Waals surface area contributed by atoms with Gasteiger partial charge in [0.2, 0.25) is 0 Å². The lowest BCUT2D eigenvalue weighted by molar-refractivity contribution is -0.275. The van der Waals surface area contributed by atoms with E-state index in [-0.39, 0.29) is 23.3 Å². The minimum Gasteiger partial charge on any atom is -0.462 e. The van der Waals surface area contributed by atoms with E-state index in [1.54, 1.807) is 6.92 Å². The molecule has 0 aliphatic rings. The van der Waals surface area contributed by atoms with Crippen LogP contribution in [0.15, 0.2) is 42.5 Å². The van der Waals surface area contributed by atoms with Crippen LogP contribution in [0.1, 0.15) is 17.3 Å². The zero-order valence-electron chi connectivity index (χ0n) is 13.6. The molecule has 0 unspecified atom stereocenters. The fourth-order valence-electron chi connectivity index (χ4n) is 2.18. The molecule has 10 heteroatoms. The molecule has 0 atom stereocenters. The lowest BCUT2D eigenvalue weighted by atomic mass is 9.99. The Labute approximate surface area is 149 Å². The first-order valence-electron chi connectivity index (χ1n) is 7.41. The van der Waals surface area contributed by atoms with E-state index in [2.05, 4.69) is 9.47 Å². The van der Waals surface area contributed by atoms with Crippen molar-refractivity contribution >= 4 is 5.97 Å². The van der Waals surface area contributed by atoms with Crippen molar-refractivity contribution in [3.05, 3.63) is 48.0 Å². The van der Waals surface area contributed by atoms with E-state index in [4.69, 9.17) is 4.74 Å². The van der Waals surface area contributed by atoms with Gasteiger partial charge in [-0.05, 0) is 48.4 Å². The van der Waals surface area contributed by atoms with Crippen LogP contribution in [0, 0.1) is 0 Å². The number of carbonyl (C=O) groups is 1. The van der Waals surface area contributed by atoms with E-state index in [1.165, 1.54) is 0 Å². The average Bonchev–Trinajstić information content (AvgIpc) is 2.52. The van der Waals surface area contributed by atoms with Gasteiger partial charge in [0.15, 0.2) is 0 Å². The average molecular weight is 394 g/mol. The molecule has 0 fully saturated rings. The van der Waals surface area contributed by atoms with E-state index in [0.29, 0.717) is 0 Å². The molecule has 0 aliphatic carbocycles. The quantitative estimate of drug-likeness (QED) is 0.508. The van der Waals surface area contributed by atoms with Crippen LogP contribution in [0.25, 0.3) is 11.1 Å². The highest BCUT2D eigenvalue weighted by Crippen LogP contribution is 2.33. The Morgan fingerprint density at radius 2 is 1.37 bits per heavy atom. The van der Waals surface area contributed by atoms with Gasteiger partial charge in [0, 0.05) is 0 Å². The molecule has 0 amide bonds. The van der Waals surface area contributed by atoms with Crippen molar-refractivity contribution in [2.45, 2.75) is 19.6 Å². The maximum Gasteiger partial charge on any atom is 0.573 e. The van der Waals surface area contributed by atoms with Crippen LogP contribution in [0.4, 0.5) is 26.3 Å². The molecule has 4 nitrogen and oxygen atoms in total. The van der Waals surface area contributed by atoms with Gasteiger partial charge in [-0.1, -0.05) is 12.1 Å². The fourth-order valence-corrected chi connectivity index (χ4v) is 2.18. The molecule has 0 saturated heterocycles. The second kappa shape index (κ2) is 7.77. The zero-order valence-corrected chi connectivity index (χ0v) is 13.6. The SMILES string of the molecule is CCOC(=O)c1ccc(OC(F)(F)F)cc1-c1ccc(OC(F)(F)F)cc1. The molecule has 0 aromatic heterocycles. The molecule has 0 N–H and O–H groups in total. The normalized spacial score (nSPS) is 11.8. The van der Waals surface area contributed by atoms with Gasteiger partial charge in [-0.2, -0.15) is 0 Å². The summed E-state index contributed by atoms with van der Waals surface area (Å²) in [4.78, 5) is 12.0. The van der Waals surface area contributed by atoms with Crippen molar-refractivity contribution < 1.29 is 45.3 Å². The molecular formula is C17H12F6O4. The summed E-state index contributed by atoms with van der Waals surface area (Å²) in [6.07, 6.45) is -9.84. The van der Waals surface area contributed by atoms with Crippen LogP contribution in [-0.2, 0) is 4.74 Å². The maximum atomic E-state index is 12.4. The first kappa shape index (κ1) is 20.4.